The largest absolute Gasteiger partial charge is 0.391 e. The van der Waals surface area contributed by atoms with E-state index in [-0.39, 0.29) is 6.10 Å². The highest BCUT2D eigenvalue weighted by Crippen LogP contribution is 2.14. The number of aliphatic hydroxyl groups excluding tert-OH is 1. The molecule has 2 atom stereocenters. The summed E-state index contributed by atoms with van der Waals surface area (Å²) in [6.45, 7) is 5.79. The highest BCUT2D eigenvalue weighted by Gasteiger charge is 2.15. The van der Waals surface area contributed by atoms with E-state index in [0.717, 1.165) is 18.6 Å². The Balaban J connectivity index is 1.83. The summed E-state index contributed by atoms with van der Waals surface area (Å²) in [5.41, 5.74) is 1.12. The molecule has 3 nitrogen and oxygen atoms in total. The molecule has 2 unspecified atom stereocenters. The summed E-state index contributed by atoms with van der Waals surface area (Å²) in [6, 6.07) is 10.1. The fourth-order valence-electron chi connectivity index (χ4n) is 4.06. The molecule has 0 heterocycles. The Morgan fingerprint density at radius 2 is 1.16 bits per heavy atom. The van der Waals surface area contributed by atoms with Crippen molar-refractivity contribution in [2.75, 3.05) is 13.2 Å². The molecule has 1 rings (SSSR count). The fraction of sp³-hybridized carbons (Fsp3) is 0.793. The van der Waals surface area contributed by atoms with Crippen molar-refractivity contribution in [2.45, 2.75) is 135 Å². The first-order valence-corrected chi connectivity index (χ1v) is 13.7. The van der Waals surface area contributed by atoms with E-state index in [2.05, 4.69) is 6.92 Å². The van der Waals surface area contributed by atoms with Gasteiger partial charge in [0.25, 0.3) is 0 Å². The average molecular weight is 449 g/mol. The Morgan fingerprint density at radius 3 is 1.62 bits per heavy atom. The van der Waals surface area contributed by atoms with Gasteiger partial charge in [-0.15, -0.1) is 0 Å². The lowest BCUT2D eigenvalue weighted by Gasteiger charge is -2.20. The Hall–Kier alpha value is -0.900. The minimum absolute atomic E-state index is 0.267. The van der Waals surface area contributed by atoms with Gasteiger partial charge >= 0.3 is 0 Å². The molecule has 0 amide bonds. The Kier molecular flexibility index (Phi) is 20.0. The van der Waals surface area contributed by atoms with Crippen molar-refractivity contribution in [3.63, 3.8) is 0 Å². The lowest BCUT2D eigenvalue weighted by Crippen LogP contribution is -2.31. The van der Waals surface area contributed by atoms with Crippen LogP contribution in [0.2, 0.25) is 0 Å². The van der Waals surface area contributed by atoms with Crippen LogP contribution in [0.1, 0.15) is 122 Å². The maximum atomic E-state index is 9.93. The second-order valence-electron chi connectivity index (χ2n) is 9.45. The normalized spacial score (nSPS) is 13.3. The van der Waals surface area contributed by atoms with Crippen LogP contribution in [0, 0.1) is 0 Å². The van der Waals surface area contributed by atoms with E-state index >= 15 is 0 Å². The summed E-state index contributed by atoms with van der Waals surface area (Å²) in [5, 5.41) is 9.93. The van der Waals surface area contributed by atoms with Crippen LogP contribution in [-0.4, -0.2) is 30.5 Å². The standard InChI is InChI=1S/C29H52O3/c1-3-4-5-6-7-8-9-10-11-12-13-14-15-16-17-21-24-31-26-29(27(2)30)32-25-28-22-19-18-20-23-28/h18-20,22-23,27,29-30H,3-17,21,24-26H2,1-2H3. The van der Waals surface area contributed by atoms with Gasteiger partial charge in [-0.1, -0.05) is 134 Å². The summed E-state index contributed by atoms with van der Waals surface area (Å²) < 4.78 is 11.6. The third-order valence-electron chi connectivity index (χ3n) is 6.27. The van der Waals surface area contributed by atoms with Gasteiger partial charge in [0.15, 0.2) is 0 Å². The van der Waals surface area contributed by atoms with E-state index in [1.165, 1.54) is 96.3 Å². The van der Waals surface area contributed by atoms with Gasteiger partial charge in [-0.3, -0.25) is 0 Å². The molecular weight excluding hydrogens is 396 g/mol. The van der Waals surface area contributed by atoms with Crippen LogP contribution < -0.4 is 0 Å². The van der Waals surface area contributed by atoms with Crippen molar-refractivity contribution in [1.29, 1.82) is 0 Å². The van der Waals surface area contributed by atoms with Crippen LogP contribution in [0.5, 0.6) is 0 Å². The van der Waals surface area contributed by atoms with Crippen LogP contribution in [-0.2, 0) is 16.1 Å². The van der Waals surface area contributed by atoms with Crippen molar-refractivity contribution >= 4 is 0 Å². The van der Waals surface area contributed by atoms with Crippen LogP contribution in [0.25, 0.3) is 0 Å². The number of hydrogen-bond acceptors (Lipinski definition) is 3. The molecule has 0 saturated carbocycles. The highest BCUT2D eigenvalue weighted by molar-refractivity contribution is 5.13. The van der Waals surface area contributed by atoms with Gasteiger partial charge in [0, 0.05) is 6.61 Å². The van der Waals surface area contributed by atoms with Gasteiger partial charge in [-0.05, 0) is 18.9 Å². The predicted molar refractivity (Wildman–Crippen MR) is 137 cm³/mol. The van der Waals surface area contributed by atoms with Crippen LogP contribution in [0.3, 0.4) is 0 Å². The summed E-state index contributed by atoms with van der Waals surface area (Å²) in [7, 11) is 0. The van der Waals surface area contributed by atoms with Crippen molar-refractivity contribution in [2.24, 2.45) is 0 Å². The first-order chi connectivity index (χ1) is 15.7. The zero-order valence-electron chi connectivity index (χ0n) is 21.2. The van der Waals surface area contributed by atoms with Gasteiger partial charge < -0.3 is 14.6 Å². The highest BCUT2D eigenvalue weighted by atomic mass is 16.5. The minimum atomic E-state index is -0.524. The summed E-state index contributed by atoms with van der Waals surface area (Å²) in [5.74, 6) is 0. The smallest absolute Gasteiger partial charge is 0.107 e. The monoisotopic (exact) mass is 448 g/mol. The summed E-state index contributed by atoms with van der Waals surface area (Å²) >= 11 is 0. The van der Waals surface area contributed by atoms with E-state index in [1.807, 2.05) is 30.3 Å². The average Bonchev–Trinajstić information content (AvgIpc) is 2.80. The predicted octanol–water partition coefficient (Wildman–Crippen LogP) is 8.23. The lowest BCUT2D eigenvalue weighted by molar-refractivity contribution is -0.0805. The second-order valence-corrected chi connectivity index (χ2v) is 9.45. The summed E-state index contributed by atoms with van der Waals surface area (Å²) in [6.07, 6.45) is 21.3. The molecule has 0 fully saturated rings. The molecule has 0 aliphatic heterocycles. The molecular formula is C29H52O3. The van der Waals surface area contributed by atoms with Crippen molar-refractivity contribution in [1.82, 2.24) is 0 Å². The van der Waals surface area contributed by atoms with Gasteiger partial charge in [0.2, 0.25) is 0 Å². The van der Waals surface area contributed by atoms with Crippen LogP contribution in [0.15, 0.2) is 30.3 Å². The minimum Gasteiger partial charge on any atom is -0.391 e. The molecule has 186 valence electrons. The number of benzene rings is 1. The zero-order chi connectivity index (χ0) is 23.1. The molecule has 3 heteroatoms. The maximum Gasteiger partial charge on any atom is 0.107 e. The van der Waals surface area contributed by atoms with Crippen LogP contribution >= 0.6 is 0 Å². The van der Waals surface area contributed by atoms with Crippen molar-refractivity contribution in [3.8, 4) is 0 Å². The summed E-state index contributed by atoms with van der Waals surface area (Å²) in [4.78, 5) is 0. The van der Waals surface area contributed by atoms with Gasteiger partial charge in [0.05, 0.1) is 19.3 Å². The third-order valence-corrected chi connectivity index (χ3v) is 6.27. The van der Waals surface area contributed by atoms with Crippen molar-refractivity contribution < 1.29 is 14.6 Å². The molecule has 1 aromatic carbocycles. The molecule has 1 aromatic rings. The molecule has 0 aliphatic carbocycles. The van der Waals surface area contributed by atoms with Gasteiger partial charge in [-0.2, -0.15) is 0 Å². The number of aliphatic hydroxyl groups is 1. The number of hydrogen-bond donors (Lipinski definition) is 1. The van der Waals surface area contributed by atoms with Gasteiger partial charge in [0.1, 0.15) is 6.10 Å². The Bertz CT molecular complexity index is 488. The zero-order valence-corrected chi connectivity index (χ0v) is 21.2. The van der Waals surface area contributed by atoms with E-state index in [9.17, 15) is 5.11 Å². The van der Waals surface area contributed by atoms with E-state index < -0.39 is 6.10 Å². The molecule has 0 aliphatic rings. The van der Waals surface area contributed by atoms with Crippen molar-refractivity contribution in [3.05, 3.63) is 35.9 Å². The van der Waals surface area contributed by atoms with E-state index in [4.69, 9.17) is 9.47 Å². The Labute approximate surface area is 199 Å². The van der Waals surface area contributed by atoms with E-state index in [0.29, 0.717) is 13.2 Å². The fourth-order valence-corrected chi connectivity index (χ4v) is 4.06. The second kappa shape index (κ2) is 21.9. The van der Waals surface area contributed by atoms with E-state index in [1.54, 1.807) is 6.92 Å². The molecule has 32 heavy (non-hydrogen) atoms. The molecule has 0 spiro atoms. The molecule has 0 saturated heterocycles. The molecule has 0 radical (unpaired) electrons. The number of unbranched alkanes of at least 4 members (excludes halogenated alkanes) is 15. The first kappa shape index (κ1) is 29.1. The Morgan fingerprint density at radius 1 is 0.688 bits per heavy atom. The number of rotatable bonds is 23. The maximum absolute atomic E-state index is 9.93. The lowest BCUT2D eigenvalue weighted by atomic mass is 10.0. The molecule has 1 N–H and O–H groups in total. The van der Waals surface area contributed by atoms with Crippen LogP contribution in [0.4, 0.5) is 0 Å². The van der Waals surface area contributed by atoms with Gasteiger partial charge in [-0.25, -0.2) is 0 Å². The number of ether oxygens (including phenoxy) is 2. The third kappa shape index (κ3) is 17.6. The molecule has 0 aromatic heterocycles. The topological polar surface area (TPSA) is 38.7 Å². The molecule has 0 bridgehead atoms. The quantitative estimate of drug-likeness (QED) is 0.171. The SMILES string of the molecule is CCCCCCCCCCCCCCCCCCOCC(OCc1ccccc1)C(C)O. The first-order valence-electron chi connectivity index (χ1n) is 13.7.